The molecule has 0 radical (unpaired) electrons. The second kappa shape index (κ2) is 3.02. The Balaban J connectivity index is 2.08. The van der Waals surface area contributed by atoms with E-state index in [0.717, 1.165) is 12.0 Å². The van der Waals surface area contributed by atoms with E-state index in [9.17, 15) is 0 Å². The zero-order valence-electron chi connectivity index (χ0n) is 8.40. The molecule has 2 heterocycles. The van der Waals surface area contributed by atoms with E-state index in [2.05, 4.69) is 19.2 Å². The van der Waals surface area contributed by atoms with Gasteiger partial charge in [0.25, 0.3) is 0 Å². The van der Waals surface area contributed by atoms with Gasteiger partial charge in [-0.15, -0.1) is 0 Å². The highest BCUT2D eigenvalue weighted by Crippen LogP contribution is 2.34. The van der Waals surface area contributed by atoms with Crippen molar-refractivity contribution in [1.29, 1.82) is 0 Å². The minimum atomic E-state index is 0.494. The fourth-order valence-corrected chi connectivity index (χ4v) is 2.92. The molecule has 0 aromatic heterocycles. The van der Waals surface area contributed by atoms with Crippen LogP contribution in [0.1, 0.15) is 52.4 Å². The van der Waals surface area contributed by atoms with Gasteiger partial charge >= 0.3 is 0 Å². The normalized spacial score (nSPS) is 48.5. The number of rotatable bonds is 0. The molecule has 1 unspecified atom stereocenters. The highest BCUT2D eigenvalue weighted by molar-refractivity contribution is 4.94. The Labute approximate surface area is 75.9 Å². The SMILES string of the molecule is C[C@H]1CC[C@@]2(C)CCCC(C1)N2. The van der Waals surface area contributed by atoms with Gasteiger partial charge in [-0.2, -0.15) is 0 Å². The Morgan fingerprint density at radius 3 is 2.92 bits per heavy atom. The van der Waals surface area contributed by atoms with E-state index in [-0.39, 0.29) is 0 Å². The van der Waals surface area contributed by atoms with Crippen LogP contribution >= 0.6 is 0 Å². The first kappa shape index (κ1) is 8.55. The number of piperidine rings is 1. The molecular weight excluding hydrogens is 146 g/mol. The molecule has 2 bridgehead atoms. The summed E-state index contributed by atoms with van der Waals surface area (Å²) >= 11 is 0. The number of fused-ring (bicyclic) bond motifs is 2. The van der Waals surface area contributed by atoms with Gasteiger partial charge < -0.3 is 5.32 Å². The minimum absolute atomic E-state index is 0.494. The van der Waals surface area contributed by atoms with Crippen molar-refractivity contribution in [2.45, 2.75) is 64.0 Å². The molecule has 2 aliphatic rings. The third-order valence-electron chi connectivity index (χ3n) is 3.71. The van der Waals surface area contributed by atoms with Crippen LogP contribution in [0.25, 0.3) is 0 Å². The molecule has 0 aromatic rings. The highest BCUT2D eigenvalue weighted by Gasteiger charge is 2.34. The monoisotopic (exact) mass is 167 g/mol. The standard InChI is InChI=1S/C11H21N/c1-9-5-7-11(2)6-3-4-10(8-9)12-11/h9-10,12H,3-8H2,1-2H3/t9-,10?,11+/m0/s1. The molecule has 12 heavy (non-hydrogen) atoms. The molecule has 1 heteroatoms. The molecule has 0 spiro atoms. The highest BCUT2D eigenvalue weighted by atomic mass is 15.0. The fourth-order valence-electron chi connectivity index (χ4n) is 2.92. The van der Waals surface area contributed by atoms with Gasteiger partial charge in [-0.1, -0.05) is 13.3 Å². The lowest BCUT2D eigenvalue weighted by molar-refractivity contribution is 0.225. The number of hydrogen-bond acceptors (Lipinski definition) is 1. The molecule has 0 amide bonds. The van der Waals surface area contributed by atoms with Crippen molar-refractivity contribution in [3.63, 3.8) is 0 Å². The summed E-state index contributed by atoms with van der Waals surface area (Å²) in [4.78, 5) is 0. The maximum absolute atomic E-state index is 3.82. The van der Waals surface area contributed by atoms with E-state index in [1.807, 2.05) is 0 Å². The van der Waals surface area contributed by atoms with Crippen LogP contribution in [-0.2, 0) is 0 Å². The van der Waals surface area contributed by atoms with Crippen LogP contribution in [0.15, 0.2) is 0 Å². The summed E-state index contributed by atoms with van der Waals surface area (Å²) in [7, 11) is 0. The van der Waals surface area contributed by atoms with E-state index in [0.29, 0.717) is 5.54 Å². The van der Waals surface area contributed by atoms with Crippen molar-refractivity contribution in [3.05, 3.63) is 0 Å². The molecule has 2 saturated heterocycles. The largest absolute Gasteiger partial charge is 0.309 e. The van der Waals surface area contributed by atoms with E-state index < -0.39 is 0 Å². The Bertz CT molecular complexity index is 166. The molecule has 2 rings (SSSR count). The third kappa shape index (κ3) is 1.66. The Hall–Kier alpha value is -0.0400. The first-order valence-electron chi connectivity index (χ1n) is 5.46. The Morgan fingerprint density at radius 1 is 1.25 bits per heavy atom. The van der Waals surface area contributed by atoms with Crippen LogP contribution in [0, 0.1) is 5.92 Å². The van der Waals surface area contributed by atoms with Crippen molar-refractivity contribution in [2.24, 2.45) is 5.92 Å². The number of hydrogen-bond donors (Lipinski definition) is 1. The van der Waals surface area contributed by atoms with Gasteiger partial charge in [0.15, 0.2) is 0 Å². The van der Waals surface area contributed by atoms with E-state index in [1.165, 1.54) is 38.5 Å². The van der Waals surface area contributed by atoms with Crippen LogP contribution in [-0.4, -0.2) is 11.6 Å². The van der Waals surface area contributed by atoms with Gasteiger partial charge in [0.2, 0.25) is 0 Å². The molecule has 0 saturated carbocycles. The fraction of sp³-hybridized carbons (Fsp3) is 1.00. The predicted octanol–water partition coefficient (Wildman–Crippen LogP) is 2.71. The second-order valence-electron chi connectivity index (χ2n) is 5.17. The van der Waals surface area contributed by atoms with Crippen LogP contribution in [0.4, 0.5) is 0 Å². The molecule has 2 fully saturated rings. The van der Waals surface area contributed by atoms with E-state index in [1.54, 1.807) is 0 Å². The van der Waals surface area contributed by atoms with E-state index in [4.69, 9.17) is 0 Å². The van der Waals surface area contributed by atoms with Gasteiger partial charge in [-0.3, -0.25) is 0 Å². The van der Waals surface area contributed by atoms with Gasteiger partial charge in [-0.25, -0.2) is 0 Å². The van der Waals surface area contributed by atoms with Gasteiger partial charge in [0, 0.05) is 11.6 Å². The van der Waals surface area contributed by atoms with Crippen LogP contribution in [0.3, 0.4) is 0 Å². The molecule has 1 nitrogen and oxygen atoms in total. The first-order chi connectivity index (χ1) is 5.68. The lowest BCUT2D eigenvalue weighted by atomic mass is 9.86. The molecule has 2 aliphatic heterocycles. The molecule has 1 N–H and O–H groups in total. The summed E-state index contributed by atoms with van der Waals surface area (Å²) in [5.74, 6) is 0.947. The Morgan fingerprint density at radius 2 is 2.08 bits per heavy atom. The second-order valence-corrected chi connectivity index (χ2v) is 5.17. The third-order valence-corrected chi connectivity index (χ3v) is 3.71. The zero-order chi connectivity index (χ0) is 8.60. The first-order valence-corrected chi connectivity index (χ1v) is 5.46. The lowest BCUT2D eigenvalue weighted by Gasteiger charge is -2.37. The quantitative estimate of drug-likeness (QED) is 0.585. The van der Waals surface area contributed by atoms with Gasteiger partial charge in [0.05, 0.1) is 0 Å². The summed E-state index contributed by atoms with van der Waals surface area (Å²) in [6.07, 6.45) is 8.50. The smallest absolute Gasteiger partial charge is 0.0156 e. The molecule has 70 valence electrons. The number of nitrogens with one attached hydrogen (secondary N) is 1. The maximum Gasteiger partial charge on any atom is 0.0156 e. The zero-order valence-corrected chi connectivity index (χ0v) is 8.40. The van der Waals surface area contributed by atoms with Crippen molar-refractivity contribution < 1.29 is 0 Å². The van der Waals surface area contributed by atoms with Crippen molar-refractivity contribution in [2.75, 3.05) is 0 Å². The van der Waals surface area contributed by atoms with Gasteiger partial charge in [0.1, 0.15) is 0 Å². The summed E-state index contributed by atoms with van der Waals surface area (Å²) in [6, 6.07) is 0.834. The average Bonchev–Trinajstić information content (AvgIpc) is 2.09. The van der Waals surface area contributed by atoms with Crippen molar-refractivity contribution in [1.82, 2.24) is 5.32 Å². The molecule has 0 aromatic carbocycles. The van der Waals surface area contributed by atoms with Crippen LogP contribution in [0.5, 0.6) is 0 Å². The summed E-state index contributed by atoms with van der Waals surface area (Å²) < 4.78 is 0. The van der Waals surface area contributed by atoms with Crippen LogP contribution in [0.2, 0.25) is 0 Å². The summed E-state index contributed by atoms with van der Waals surface area (Å²) in [6.45, 7) is 4.82. The van der Waals surface area contributed by atoms with Gasteiger partial charge in [-0.05, 0) is 44.9 Å². The lowest BCUT2D eigenvalue weighted by Crippen LogP contribution is -2.50. The molecular formula is C11H21N. The maximum atomic E-state index is 3.82. The van der Waals surface area contributed by atoms with E-state index >= 15 is 0 Å². The van der Waals surface area contributed by atoms with Crippen molar-refractivity contribution >= 4 is 0 Å². The molecule has 0 aliphatic carbocycles. The summed E-state index contributed by atoms with van der Waals surface area (Å²) in [5.41, 5.74) is 0.494. The van der Waals surface area contributed by atoms with Crippen molar-refractivity contribution in [3.8, 4) is 0 Å². The topological polar surface area (TPSA) is 12.0 Å². The Kier molecular flexibility index (Phi) is 2.16. The minimum Gasteiger partial charge on any atom is -0.309 e. The average molecular weight is 167 g/mol. The van der Waals surface area contributed by atoms with Crippen LogP contribution < -0.4 is 5.32 Å². The predicted molar refractivity (Wildman–Crippen MR) is 52.2 cm³/mol. The molecule has 3 atom stereocenters. The summed E-state index contributed by atoms with van der Waals surface area (Å²) in [5, 5.41) is 3.82.